The summed E-state index contributed by atoms with van der Waals surface area (Å²) in [6.45, 7) is 3.57. The first-order valence-corrected chi connectivity index (χ1v) is 5.53. The minimum absolute atomic E-state index is 0.0316. The molecule has 3 N–H and O–H groups in total. The van der Waals surface area contributed by atoms with Gasteiger partial charge in [-0.05, 0) is 12.1 Å². The number of hydrogen-bond acceptors (Lipinski definition) is 3. The van der Waals surface area contributed by atoms with E-state index in [1.165, 1.54) is 0 Å². The molecule has 0 radical (unpaired) electrons. The third kappa shape index (κ3) is 4.29. The average Bonchev–Trinajstić information content (AvgIpc) is 2.25. The van der Waals surface area contributed by atoms with Gasteiger partial charge in [0.25, 0.3) is 0 Å². The molecule has 1 amide bonds. The number of nitrogens with two attached hydrogens (primary N) is 1. The van der Waals surface area contributed by atoms with Gasteiger partial charge in [0.05, 0.1) is 0 Å². The molecule has 0 aliphatic carbocycles. The SMILES string of the molecule is CC(C)NC(COc1ccc(F)cc1F)C(N)=O. The Balaban J connectivity index is 2.64. The maximum absolute atomic E-state index is 13.3. The van der Waals surface area contributed by atoms with Crippen molar-refractivity contribution in [3.63, 3.8) is 0 Å². The maximum atomic E-state index is 13.3. The lowest BCUT2D eigenvalue weighted by Crippen LogP contribution is -2.48. The molecule has 0 aromatic heterocycles. The van der Waals surface area contributed by atoms with Gasteiger partial charge in [0.2, 0.25) is 5.91 Å². The fraction of sp³-hybridized carbons (Fsp3) is 0.417. The molecule has 0 aliphatic rings. The molecule has 0 fully saturated rings. The largest absolute Gasteiger partial charge is 0.488 e. The Morgan fingerprint density at radius 1 is 1.44 bits per heavy atom. The smallest absolute Gasteiger partial charge is 0.238 e. The highest BCUT2D eigenvalue weighted by Crippen LogP contribution is 2.17. The highest BCUT2D eigenvalue weighted by molar-refractivity contribution is 5.80. The number of nitrogens with one attached hydrogen (secondary N) is 1. The average molecular weight is 258 g/mol. The third-order valence-electron chi connectivity index (χ3n) is 2.18. The lowest BCUT2D eigenvalue weighted by atomic mass is 10.2. The number of hydrogen-bond donors (Lipinski definition) is 2. The molecule has 1 rings (SSSR count). The van der Waals surface area contributed by atoms with Gasteiger partial charge >= 0.3 is 0 Å². The van der Waals surface area contributed by atoms with Gasteiger partial charge in [-0.25, -0.2) is 8.78 Å². The molecule has 6 heteroatoms. The van der Waals surface area contributed by atoms with Crippen molar-refractivity contribution in [2.75, 3.05) is 6.61 Å². The van der Waals surface area contributed by atoms with Crippen LogP contribution in [0.3, 0.4) is 0 Å². The zero-order chi connectivity index (χ0) is 13.7. The lowest BCUT2D eigenvalue weighted by molar-refractivity contribution is -0.120. The number of rotatable bonds is 6. The van der Waals surface area contributed by atoms with E-state index < -0.39 is 23.6 Å². The minimum Gasteiger partial charge on any atom is -0.488 e. The highest BCUT2D eigenvalue weighted by Gasteiger charge is 2.17. The molecule has 0 saturated carbocycles. The molecule has 100 valence electrons. The summed E-state index contributed by atoms with van der Waals surface area (Å²) in [7, 11) is 0. The Kier molecular flexibility index (Phi) is 5.03. The van der Waals surface area contributed by atoms with Crippen molar-refractivity contribution < 1.29 is 18.3 Å². The van der Waals surface area contributed by atoms with Crippen molar-refractivity contribution in [2.45, 2.75) is 25.9 Å². The Morgan fingerprint density at radius 3 is 2.61 bits per heavy atom. The summed E-state index contributed by atoms with van der Waals surface area (Å²) in [4.78, 5) is 11.1. The van der Waals surface area contributed by atoms with Crippen molar-refractivity contribution in [1.82, 2.24) is 5.32 Å². The molecule has 4 nitrogen and oxygen atoms in total. The van der Waals surface area contributed by atoms with Crippen molar-refractivity contribution >= 4 is 5.91 Å². The normalized spacial score (nSPS) is 12.5. The lowest BCUT2D eigenvalue weighted by Gasteiger charge is -2.18. The molecule has 0 heterocycles. The van der Waals surface area contributed by atoms with Crippen LogP contribution < -0.4 is 15.8 Å². The topological polar surface area (TPSA) is 64.3 Å². The van der Waals surface area contributed by atoms with E-state index in [-0.39, 0.29) is 18.4 Å². The summed E-state index contributed by atoms with van der Waals surface area (Å²) in [6.07, 6.45) is 0. The van der Waals surface area contributed by atoms with Crippen molar-refractivity contribution in [1.29, 1.82) is 0 Å². The fourth-order valence-corrected chi connectivity index (χ4v) is 1.38. The molecule has 18 heavy (non-hydrogen) atoms. The van der Waals surface area contributed by atoms with Gasteiger partial charge in [0.1, 0.15) is 18.5 Å². The predicted molar refractivity (Wildman–Crippen MR) is 63.1 cm³/mol. The Hall–Kier alpha value is -1.69. The van der Waals surface area contributed by atoms with Crippen LogP contribution in [0.15, 0.2) is 18.2 Å². The van der Waals surface area contributed by atoms with Crippen LogP contribution in [0.25, 0.3) is 0 Å². The first-order valence-electron chi connectivity index (χ1n) is 5.53. The minimum atomic E-state index is -0.817. The van der Waals surface area contributed by atoms with Gasteiger partial charge in [0.15, 0.2) is 11.6 Å². The van der Waals surface area contributed by atoms with E-state index in [4.69, 9.17) is 10.5 Å². The summed E-state index contributed by atoms with van der Waals surface area (Å²) in [6, 6.07) is 2.26. The van der Waals surface area contributed by atoms with Gasteiger partial charge in [0, 0.05) is 12.1 Å². The van der Waals surface area contributed by atoms with Crippen LogP contribution in [0.2, 0.25) is 0 Å². The number of halogens is 2. The number of carbonyl (C=O) groups is 1. The molecule has 1 atom stereocenters. The first-order chi connectivity index (χ1) is 8.40. The van der Waals surface area contributed by atoms with E-state index >= 15 is 0 Å². The molecule has 1 unspecified atom stereocenters. The first kappa shape index (κ1) is 14.4. The number of amides is 1. The molecule has 0 bridgehead atoms. The quantitative estimate of drug-likeness (QED) is 0.805. The molecule has 0 saturated heterocycles. The molecular weight excluding hydrogens is 242 g/mol. The third-order valence-corrected chi connectivity index (χ3v) is 2.18. The summed E-state index contributed by atoms with van der Waals surface area (Å²) in [5, 5.41) is 2.88. The van der Waals surface area contributed by atoms with Gasteiger partial charge in [-0.1, -0.05) is 13.8 Å². The molecule has 0 aliphatic heterocycles. The van der Waals surface area contributed by atoms with Crippen LogP contribution in [-0.2, 0) is 4.79 Å². The van der Waals surface area contributed by atoms with Gasteiger partial charge in [-0.2, -0.15) is 0 Å². The summed E-state index contributed by atoms with van der Waals surface area (Å²) in [5.41, 5.74) is 5.18. The molecular formula is C12H16F2N2O2. The molecule has 1 aromatic rings. The molecule has 1 aromatic carbocycles. The number of carbonyl (C=O) groups excluding carboxylic acids is 1. The zero-order valence-corrected chi connectivity index (χ0v) is 10.2. The predicted octanol–water partition coefficient (Wildman–Crippen LogP) is 1.20. The van der Waals surface area contributed by atoms with Crippen LogP contribution in [-0.4, -0.2) is 24.6 Å². The molecule has 0 spiro atoms. The number of primary amides is 1. The van der Waals surface area contributed by atoms with Crippen molar-refractivity contribution in [2.24, 2.45) is 5.73 Å². The van der Waals surface area contributed by atoms with E-state index in [9.17, 15) is 13.6 Å². The summed E-state index contributed by atoms with van der Waals surface area (Å²) in [5.74, 6) is -2.21. The zero-order valence-electron chi connectivity index (χ0n) is 10.2. The number of ether oxygens (including phenoxy) is 1. The van der Waals surface area contributed by atoms with Crippen molar-refractivity contribution in [3.05, 3.63) is 29.8 Å². The Bertz CT molecular complexity index is 425. The van der Waals surface area contributed by atoms with Crippen LogP contribution in [0, 0.1) is 11.6 Å². The van der Waals surface area contributed by atoms with Crippen LogP contribution in [0.1, 0.15) is 13.8 Å². The van der Waals surface area contributed by atoms with Crippen LogP contribution in [0.4, 0.5) is 8.78 Å². The van der Waals surface area contributed by atoms with Gasteiger partial charge in [-0.15, -0.1) is 0 Å². The second-order valence-electron chi connectivity index (χ2n) is 4.16. The maximum Gasteiger partial charge on any atom is 0.238 e. The van der Waals surface area contributed by atoms with Crippen molar-refractivity contribution in [3.8, 4) is 5.75 Å². The Morgan fingerprint density at radius 2 is 2.11 bits per heavy atom. The van der Waals surface area contributed by atoms with Crippen LogP contribution >= 0.6 is 0 Å². The second-order valence-corrected chi connectivity index (χ2v) is 4.16. The van der Waals surface area contributed by atoms with E-state index in [2.05, 4.69) is 5.32 Å². The fourth-order valence-electron chi connectivity index (χ4n) is 1.38. The monoisotopic (exact) mass is 258 g/mol. The summed E-state index contributed by atoms with van der Waals surface area (Å²) < 4.78 is 31.0. The standard InChI is InChI=1S/C12H16F2N2O2/c1-7(2)16-10(12(15)17)6-18-11-4-3-8(13)5-9(11)14/h3-5,7,10,16H,6H2,1-2H3,(H2,15,17). The number of benzene rings is 1. The van der Waals surface area contributed by atoms with Gasteiger partial charge < -0.3 is 15.8 Å². The van der Waals surface area contributed by atoms with E-state index in [1.807, 2.05) is 13.8 Å². The highest BCUT2D eigenvalue weighted by atomic mass is 19.1. The van der Waals surface area contributed by atoms with E-state index in [0.717, 1.165) is 12.1 Å². The van der Waals surface area contributed by atoms with E-state index in [1.54, 1.807) is 0 Å². The summed E-state index contributed by atoms with van der Waals surface area (Å²) >= 11 is 0. The second kappa shape index (κ2) is 6.30. The van der Waals surface area contributed by atoms with Crippen LogP contribution in [0.5, 0.6) is 5.75 Å². The Labute approximate surface area is 104 Å². The van der Waals surface area contributed by atoms with Gasteiger partial charge in [-0.3, -0.25) is 4.79 Å². The van der Waals surface area contributed by atoms with E-state index in [0.29, 0.717) is 6.07 Å².